The molecule has 0 radical (unpaired) electrons. The van der Waals surface area contributed by atoms with E-state index in [1.165, 1.54) is 24.3 Å². The number of rotatable bonds is 6. The Morgan fingerprint density at radius 2 is 1.50 bits per heavy atom. The fourth-order valence-corrected chi connectivity index (χ4v) is 6.40. The molecule has 2 N–H and O–H groups in total. The standard InChI is InChI=1S/C31H26F5NO5/c1-29(33,31(34,35)36)22-5-8-24-18(15-22)4-9-25-30(24,16-17-2-6-23(32)7-3-17)10-11-37(25)26(38)19-12-20(27(39)40)14-21(13-19)28(41)42/h2-3,5-8,12-15,25H,4,9-11,16H2,1H3,(H,39,40)(H,41,42)/t25-,29?,30-/m1/s1. The molecule has 0 spiro atoms. The summed E-state index contributed by atoms with van der Waals surface area (Å²) in [6.07, 6.45) is -3.91. The number of aryl methyl sites for hydroxylation is 1. The summed E-state index contributed by atoms with van der Waals surface area (Å²) in [5.41, 5.74) is -3.88. The van der Waals surface area contributed by atoms with Gasteiger partial charge in [0.1, 0.15) is 5.82 Å². The van der Waals surface area contributed by atoms with E-state index in [0.29, 0.717) is 37.3 Å². The number of carboxylic acid groups (broad SMARTS) is 2. The zero-order valence-corrected chi connectivity index (χ0v) is 22.3. The number of benzene rings is 3. The van der Waals surface area contributed by atoms with Crippen LogP contribution < -0.4 is 0 Å². The zero-order chi connectivity index (χ0) is 30.6. The van der Waals surface area contributed by atoms with E-state index in [-0.39, 0.29) is 29.7 Å². The minimum atomic E-state index is -5.12. The Morgan fingerprint density at radius 1 is 0.905 bits per heavy atom. The SMILES string of the molecule is CC(F)(c1ccc2c(c1)CC[C@H]1N(C(=O)c3cc(C(=O)O)cc(C(=O)O)c3)CC[C@@]21Cc1ccc(F)cc1)C(F)(F)F. The third-order valence-corrected chi connectivity index (χ3v) is 8.58. The van der Waals surface area contributed by atoms with Crippen molar-refractivity contribution in [2.45, 2.75) is 55.9 Å². The molecule has 2 aliphatic rings. The number of aromatic carboxylic acids is 2. The molecule has 1 unspecified atom stereocenters. The highest BCUT2D eigenvalue weighted by atomic mass is 19.4. The van der Waals surface area contributed by atoms with Crippen LogP contribution in [0.25, 0.3) is 0 Å². The summed E-state index contributed by atoms with van der Waals surface area (Å²) in [4.78, 5) is 38.6. The maximum Gasteiger partial charge on any atom is 0.426 e. The number of nitrogens with zero attached hydrogens (tertiary/aromatic N) is 1. The Labute approximate surface area is 237 Å². The number of halogens is 5. The fourth-order valence-electron chi connectivity index (χ4n) is 6.40. The number of fused-ring (bicyclic) bond motifs is 3. The molecule has 1 saturated heterocycles. The van der Waals surface area contributed by atoms with Crippen LogP contribution in [-0.4, -0.2) is 51.7 Å². The van der Waals surface area contributed by atoms with Gasteiger partial charge in [-0.25, -0.2) is 18.4 Å². The van der Waals surface area contributed by atoms with E-state index in [9.17, 15) is 46.5 Å². The van der Waals surface area contributed by atoms with Gasteiger partial charge in [-0.3, -0.25) is 4.79 Å². The van der Waals surface area contributed by atoms with Crippen molar-refractivity contribution in [1.82, 2.24) is 4.90 Å². The van der Waals surface area contributed by atoms with E-state index < -0.39 is 52.5 Å². The first-order valence-electron chi connectivity index (χ1n) is 13.2. The number of carbonyl (C=O) groups is 3. The van der Waals surface area contributed by atoms with Gasteiger partial charge in [-0.1, -0.05) is 30.3 Å². The van der Waals surface area contributed by atoms with Gasteiger partial charge >= 0.3 is 18.1 Å². The molecule has 3 aromatic carbocycles. The summed E-state index contributed by atoms with van der Waals surface area (Å²) in [6.45, 7) is 0.663. The minimum absolute atomic E-state index is 0.121. The molecule has 42 heavy (non-hydrogen) atoms. The Balaban J connectivity index is 1.59. The average molecular weight is 588 g/mol. The molecule has 0 saturated carbocycles. The van der Waals surface area contributed by atoms with Crippen molar-refractivity contribution < 1.29 is 46.5 Å². The molecule has 1 aliphatic heterocycles. The number of hydrogen-bond donors (Lipinski definition) is 2. The average Bonchev–Trinajstić information content (AvgIpc) is 3.32. The third-order valence-electron chi connectivity index (χ3n) is 8.58. The van der Waals surface area contributed by atoms with Gasteiger partial charge in [-0.2, -0.15) is 13.2 Å². The molecule has 1 fully saturated rings. The van der Waals surface area contributed by atoms with Crippen LogP contribution in [0.15, 0.2) is 60.7 Å². The van der Waals surface area contributed by atoms with Crippen molar-refractivity contribution in [2.24, 2.45) is 0 Å². The lowest BCUT2D eigenvalue weighted by Crippen LogP contribution is -2.49. The van der Waals surface area contributed by atoms with Crippen LogP contribution in [0, 0.1) is 5.82 Å². The van der Waals surface area contributed by atoms with Gasteiger partial charge in [-0.05, 0) is 85.2 Å². The first-order valence-corrected chi connectivity index (χ1v) is 13.2. The monoisotopic (exact) mass is 587 g/mol. The molecule has 1 heterocycles. The Morgan fingerprint density at radius 3 is 2.07 bits per heavy atom. The number of alkyl halides is 4. The molecule has 0 bridgehead atoms. The lowest BCUT2D eigenvalue weighted by atomic mass is 9.63. The van der Waals surface area contributed by atoms with E-state index in [0.717, 1.165) is 29.8 Å². The smallest absolute Gasteiger partial charge is 0.426 e. The summed E-state index contributed by atoms with van der Waals surface area (Å²) < 4.78 is 69.1. The van der Waals surface area contributed by atoms with Crippen molar-refractivity contribution in [3.05, 3.63) is 105 Å². The van der Waals surface area contributed by atoms with Gasteiger partial charge < -0.3 is 15.1 Å². The maximum atomic E-state index is 14.9. The quantitative estimate of drug-likeness (QED) is 0.330. The minimum Gasteiger partial charge on any atom is -0.478 e. The van der Waals surface area contributed by atoms with Gasteiger partial charge in [0.25, 0.3) is 5.91 Å². The number of carboxylic acids is 2. The van der Waals surface area contributed by atoms with Gasteiger partial charge in [0.05, 0.1) is 11.1 Å². The Hall–Kier alpha value is -4.28. The molecule has 11 heteroatoms. The molecular weight excluding hydrogens is 561 g/mol. The van der Waals surface area contributed by atoms with Gasteiger partial charge in [0, 0.05) is 23.6 Å². The van der Waals surface area contributed by atoms with Crippen LogP contribution in [0.2, 0.25) is 0 Å². The van der Waals surface area contributed by atoms with E-state index in [2.05, 4.69) is 0 Å². The van der Waals surface area contributed by atoms with Gasteiger partial charge in [0.15, 0.2) is 0 Å². The summed E-state index contributed by atoms with van der Waals surface area (Å²) in [5, 5.41) is 18.9. The van der Waals surface area contributed by atoms with E-state index in [1.54, 1.807) is 17.0 Å². The first-order chi connectivity index (χ1) is 19.6. The largest absolute Gasteiger partial charge is 0.478 e. The molecule has 3 atom stereocenters. The second-order valence-corrected chi connectivity index (χ2v) is 11.0. The fraction of sp³-hybridized carbons (Fsp3) is 0.323. The Bertz CT molecular complexity index is 1550. The molecule has 6 nitrogen and oxygen atoms in total. The van der Waals surface area contributed by atoms with Crippen LogP contribution in [0.3, 0.4) is 0 Å². The van der Waals surface area contributed by atoms with Crippen molar-refractivity contribution in [2.75, 3.05) is 6.54 Å². The maximum absolute atomic E-state index is 14.9. The molecule has 0 aromatic heterocycles. The topological polar surface area (TPSA) is 94.9 Å². The zero-order valence-electron chi connectivity index (χ0n) is 22.3. The second-order valence-electron chi connectivity index (χ2n) is 11.0. The lowest BCUT2D eigenvalue weighted by Gasteiger charge is -2.44. The van der Waals surface area contributed by atoms with E-state index in [1.807, 2.05) is 0 Å². The third kappa shape index (κ3) is 4.90. The van der Waals surface area contributed by atoms with Gasteiger partial charge in [-0.15, -0.1) is 0 Å². The van der Waals surface area contributed by atoms with Crippen LogP contribution in [0.4, 0.5) is 22.0 Å². The summed E-state index contributed by atoms with van der Waals surface area (Å²) in [5.74, 6) is -3.84. The van der Waals surface area contributed by atoms with Crippen molar-refractivity contribution in [3.63, 3.8) is 0 Å². The number of likely N-dealkylation sites (tertiary alicyclic amines) is 1. The predicted molar refractivity (Wildman–Crippen MR) is 141 cm³/mol. The number of amides is 1. The van der Waals surface area contributed by atoms with E-state index in [4.69, 9.17) is 0 Å². The highest BCUT2D eigenvalue weighted by Gasteiger charge is 2.55. The van der Waals surface area contributed by atoms with Crippen molar-refractivity contribution >= 4 is 17.8 Å². The highest BCUT2D eigenvalue weighted by molar-refractivity contribution is 6.01. The van der Waals surface area contributed by atoms with E-state index >= 15 is 0 Å². The molecular formula is C31H26F5NO5. The summed E-state index contributed by atoms with van der Waals surface area (Å²) in [6, 6.07) is 12.2. The highest BCUT2D eigenvalue weighted by Crippen LogP contribution is 2.51. The van der Waals surface area contributed by atoms with Crippen LogP contribution in [0.1, 0.15) is 73.1 Å². The number of carbonyl (C=O) groups excluding carboxylic acids is 1. The molecule has 1 aliphatic carbocycles. The predicted octanol–water partition coefficient (Wildman–Crippen LogP) is 6.31. The van der Waals surface area contributed by atoms with Crippen molar-refractivity contribution in [3.8, 4) is 0 Å². The lowest BCUT2D eigenvalue weighted by molar-refractivity contribution is -0.228. The summed E-state index contributed by atoms with van der Waals surface area (Å²) >= 11 is 0. The van der Waals surface area contributed by atoms with Crippen LogP contribution >= 0.6 is 0 Å². The second kappa shape index (κ2) is 10.2. The molecule has 220 valence electrons. The normalized spacial score (nSPS) is 21.3. The first kappa shape index (κ1) is 29.2. The molecule has 1 amide bonds. The van der Waals surface area contributed by atoms with Crippen molar-refractivity contribution in [1.29, 1.82) is 0 Å². The van der Waals surface area contributed by atoms with Gasteiger partial charge in [0.2, 0.25) is 5.67 Å². The van der Waals surface area contributed by atoms with Crippen LogP contribution in [0.5, 0.6) is 0 Å². The summed E-state index contributed by atoms with van der Waals surface area (Å²) in [7, 11) is 0. The molecule has 3 aromatic rings. The molecule has 5 rings (SSSR count). The Kier molecular flexibility index (Phi) is 7.11. The number of hydrogen-bond acceptors (Lipinski definition) is 3. The van der Waals surface area contributed by atoms with Crippen LogP contribution in [-0.2, 0) is 23.9 Å².